The lowest BCUT2D eigenvalue weighted by Crippen LogP contribution is -2.48. The molecule has 0 radical (unpaired) electrons. The maximum absolute atomic E-state index is 13.6. The Labute approximate surface area is 124 Å². The van der Waals surface area contributed by atoms with Gasteiger partial charge in [-0.1, -0.05) is 19.9 Å². The topological polar surface area (TPSA) is 32.3 Å². The molecule has 5 heteroatoms. The number of hydrogen-bond donors (Lipinski definition) is 1. The van der Waals surface area contributed by atoms with Crippen molar-refractivity contribution in [1.29, 1.82) is 0 Å². The third-order valence-electron chi connectivity index (χ3n) is 4.04. The van der Waals surface area contributed by atoms with E-state index in [4.69, 9.17) is 0 Å². The second-order valence-corrected chi connectivity index (χ2v) is 6.16. The van der Waals surface area contributed by atoms with Gasteiger partial charge in [0.2, 0.25) is 5.91 Å². The molecule has 3 unspecified atom stereocenters. The number of nitrogens with one attached hydrogen (secondary N) is 1. The number of amides is 1. The molecule has 2 rings (SSSR count). The van der Waals surface area contributed by atoms with Crippen molar-refractivity contribution in [3.63, 3.8) is 0 Å². The number of likely N-dealkylation sites (tertiary alicyclic amines) is 1. The average Bonchev–Trinajstić information content (AvgIpc) is 2.41. The summed E-state index contributed by atoms with van der Waals surface area (Å²) in [5.41, 5.74) is -0.368. The van der Waals surface area contributed by atoms with Gasteiger partial charge in [-0.2, -0.15) is 0 Å². The fourth-order valence-electron chi connectivity index (χ4n) is 3.04. The molecule has 21 heavy (non-hydrogen) atoms. The summed E-state index contributed by atoms with van der Waals surface area (Å²) in [7, 11) is 0. The van der Waals surface area contributed by atoms with E-state index in [9.17, 15) is 13.6 Å². The molecule has 1 aromatic rings. The van der Waals surface area contributed by atoms with E-state index in [0.717, 1.165) is 31.6 Å². The van der Waals surface area contributed by atoms with Crippen molar-refractivity contribution in [2.75, 3.05) is 18.4 Å². The Balaban J connectivity index is 2.06. The van der Waals surface area contributed by atoms with Crippen LogP contribution in [0, 0.1) is 23.5 Å². The van der Waals surface area contributed by atoms with Crippen LogP contribution in [0.4, 0.5) is 14.5 Å². The molecular formula is C16H22F2N2O. The molecule has 0 saturated carbocycles. The third kappa shape index (κ3) is 3.79. The van der Waals surface area contributed by atoms with Crippen molar-refractivity contribution < 1.29 is 13.6 Å². The Hall–Kier alpha value is -1.49. The summed E-state index contributed by atoms with van der Waals surface area (Å²) in [5.74, 6) is -0.837. The molecule has 116 valence electrons. The maximum Gasteiger partial charge on any atom is 0.241 e. The van der Waals surface area contributed by atoms with Crippen molar-refractivity contribution in [1.82, 2.24) is 4.90 Å². The zero-order valence-electron chi connectivity index (χ0n) is 12.7. The third-order valence-corrected chi connectivity index (χ3v) is 4.04. The first kappa shape index (κ1) is 15.9. The molecule has 1 amide bonds. The highest BCUT2D eigenvalue weighted by molar-refractivity contribution is 5.94. The fraction of sp³-hybridized carbons (Fsp3) is 0.562. The summed E-state index contributed by atoms with van der Waals surface area (Å²) in [6.45, 7) is 7.75. The molecule has 1 heterocycles. The highest BCUT2D eigenvalue weighted by atomic mass is 19.1. The first-order valence-electron chi connectivity index (χ1n) is 7.37. The Bertz CT molecular complexity index is 491. The molecule has 1 saturated heterocycles. The number of anilines is 1. The largest absolute Gasteiger partial charge is 0.320 e. The van der Waals surface area contributed by atoms with Crippen LogP contribution in [0.2, 0.25) is 0 Å². The number of para-hydroxylation sites is 1. The number of nitrogens with zero attached hydrogens (tertiary/aromatic N) is 1. The summed E-state index contributed by atoms with van der Waals surface area (Å²) in [4.78, 5) is 14.3. The van der Waals surface area contributed by atoms with Crippen LogP contribution < -0.4 is 5.32 Å². The number of rotatable bonds is 3. The number of carbonyl (C=O) groups excluding carboxylic acids is 1. The van der Waals surface area contributed by atoms with Crippen LogP contribution in [-0.2, 0) is 4.79 Å². The van der Waals surface area contributed by atoms with E-state index in [-0.39, 0.29) is 11.6 Å². The minimum absolute atomic E-state index is 0.368. The van der Waals surface area contributed by atoms with Crippen LogP contribution in [0.3, 0.4) is 0 Å². The lowest BCUT2D eigenvalue weighted by Gasteiger charge is -2.38. The van der Waals surface area contributed by atoms with E-state index in [2.05, 4.69) is 24.1 Å². The van der Waals surface area contributed by atoms with Crippen LogP contribution in [-0.4, -0.2) is 29.9 Å². The van der Waals surface area contributed by atoms with Crippen molar-refractivity contribution in [2.24, 2.45) is 11.8 Å². The normalized spacial score (nSPS) is 24.6. The molecule has 0 bridgehead atoms. The molecule has 0 aromatic heterocycles. The van der Waals surface area contributed by atoms with Gasteiger partial charge in [0.15, 0.2) is 0 Å². The van der Waals surface area contributed by atoms with Crippen LogP contribution in [0.1, 0.15) is 27.2 Å². The van der Waals surface area contributed by atoms with E-state index >= 15 is 0 Å². The van der Waals surface area contributed by atoms with Gasteiger partial charge < -0.3 is 5.32 Å². The maximum atomic E-state index is 13.6. The minimum atomic E-state index is -0.754. The molecule has 0 aliphatic carbocycles. The monoisotopic (exact) mass is 296 g/mol. The minimum Gasteiger partial charge on any atom is -0.320 e. The summed E-state index contributed by atoms with van der Waals surface area (Å²) in [6, 6.07) is 3.13. The van der Waals surface area contributed by atoms with Crippen LogP contribution in [0.25, 0.3) is 0 Å². The molecule has 1 aliphatic heterocycles. The van der Waals surface area contributed by atoms with E-state index in [1.54, 1.807) is 6.92 Å². The molecule has 3 atom stereocenters. The van der Waals surface area contributed by atoms with E-state index in [1.807, 2.05) is 0 Å². The second-order valence-electron chi connectivity index (χ2n) is 6.16. The number of halogens is 2. The molecule has 1 fully saturated rings. The molecule has 3 nitrogen and oxygen atoms in total. The number of piperidine rings is 1. The van der Waals surface area contributed by atoms with Gasteiger partial charge in [-0.05, 0) is 37.3 Å². The van der Waals surface area contributed by atoms with Gasteiger partial charge in [0, 0.05) is 13.1 Å². The lowest BCUT2D eigenvalue weighted by molar-refractivity contribution is -0.121. The summed E-state index contributed by atoms with van der Waals surface area (Å²) in [5, 5.41) is 2.37. The highest BCUT2D eigenvalue weighted by Gasteiger charge is 2.29. The Kier molecular flexibility index (Phi) is 4.93. The van der Waals surface area contributed by atoms with Crippen molar-refractivity contribution in [3.8, 4) is 0 Å². The molecule has 0 spiro atoms. The summed E-state index contributed by atoms with van der Waals surface area (Å²) >= 11 is 0. The van der Waals surface area contributed by atoms with E-state index in [0.29, 0.717) is 11.8 Å². The highest BCUT2D eigenvalue weighted by Crippen LogP contribution is 2.24. The zero-order chi connectivity index (χ0) is 15.6. The number of hydrogen-bond acceptors (Lipinski definition) is 2. The van der Waals surface area contributed by atoms with Crippen LogP contribution >= 0.6 is 0 Å². The van der Waals surface area contributed by atoms with Crippen molar-refractivity contribution in [2.45, 2.75) is 33.2 Å². The predicted molar refractivity (Wildman–Crippen MR) is 79.0 cm³/mol. The Morgan fingerprint density at radius 1 is 1.24 bits per heavy atom. The van der Waals surface area contributed by atoms with Crippen molar-refractivity contribution in [3.05, 3.63) is 29.8 Å². The van der Waals surface area contributed by atoms with Gasteiger partial charge in [0.1, 0.15) is 17.3 Å². The summed E-state index contributed by atoms with van der Waals surface area (Å²) < 4.78 is 27.1. The van der Waals surface area contributed by atoms with E-state index in [1.165, 1.54) is 6.07 Å². The first-order valence-corrected chi connectivity index (χ1v) is 7.37. The Morgan fingerprint density at radius 3 is 2.29 bits per heavy atom. The predicted octanol–water partition coefficient (Wildman–Crippen LogP) is 3.27. The molecular weight excluding hydrogens is 274 g/mol. The Morgan fingerprint density at radius 2 is 1.76 bits per heavy atom. The molecule has 1 aromatic carbocycles. The number of carbonyl (C=O) groups is 1. The SMILES string of the molecule is CC1CC(C)CN(C(C)C(=O)Nc2c(F)cccc2F)C1. The zero-order valence-corrected chi connectivity index (χ0v) is 12.7. The molecule has 1 N–H and O–H groups in total. The fourth-order valence-corrected chi connectivity index (χ4v) is 3.04. The van der Waals surface area contributed by atoms with Crippen LogP contribution in [0.5, 0.6) is 0 Å². The lowest BCUT2D eigenvalue weighted by atomic mass is 9.91. The smallest absolute Gasteiger partial charge is 0.241 e. The standard InChI is InChI=1S/C16H22F2N2O/c1-10-7-11(2)9-20(8-10)12(3)16(21)19-15-13(17)5-4-6-14(15)18/h4-6,10-12H,7-9H2,1-3H3,(H,19,21). The van der Waals surface area contributed by atoms with Gasteiger partial charge >= 0.3 is 0 Å². The second kappa shape index (κ2) is 6.52. The average molecular weight is 296 g/mol. The first-order chi connectivity index (χ1) is 9.88. The van der Waals surface area contributed by atoms with Gasteiger partial charge in [-0.25, -0.2) is 8.78 Å². The van der Waals surface area contributed by atoms with Gasteiger partial charge in [-0.15, -0.1) is 0 Å². The number of benzene rings is 1. The summed E-state index contributed by atoms with van der Waals surface area (Å²) in [6.07, 6.45) is 1.15. The van der Waals surface area contributed by atoms with E-state index < -0.39 is 17.7 Å². The quantitative estimate of drug-likeness (QED) is 0.928. The van der Waals surface area contributed by atoms with Gasteiger partial charge in [-0.3, -0.25) is 9.69 Å². The van der Waals surface area contributed by atoms with Gasteiger partial charge in [0.25, 0.3) is 0 Å². The van der Waals surface area contributed by atoms with Gasteiger partial charge in [0.05, 0.1) is 6.04 Å². The van der Waals surface area contributed by atoms with Crippen LogP contribution in [0.15, 0.2) is 18.2 Å². The molecule has 1 aliphatic rings. The van der Waals surface area contributed by atoms with Crippen molar-refractivity contribution >= 4 is 11.6 Å².